The molecule has 4 rings (SSSR count). The smallest absolute Gasteiger partial charge is 0.333 e. The minimum atomic E-state index is -0.341. The summed E-state index contributed by atoms with van der Waals surface area (Å²) in [5.41, 5.74) is 2.01. The van der Waals surface area contributed by atoms with Crippen LogP contribution in [0.2, 0.25) is 15.2 Å². The molecule has 0 spiro atoms. The summed E-state index contributed by atoms with van der Waals surface area (Å²) in [6.45, 7) is 3.00. The summed E-state index contributed by atoms with van der Waals surface area (Å²) in [6.07, 6.45) is 8.35. The van der Waals surface area contributed by atoms with Gasteiger partial charge in [-0.25, -0.2) is 9.78 Å². The number of aromatic nitrogens is 1. The molecule has 1 aliphatic carbocycles. The third kappa shape index (κ3) is 7.26. The van der Waals surface area contributed by atoms with Crippen molar-refractivity contribution in [2.24, 2.45) is 5.41 Å². The largest absolute Gasteiger partial charge is 0.506 e. The summed E-state index contributed by atoms with van der Waals surface area (Å²) in [4.78, 5) is 29.2. The number of nitrogens with one attached hydrogen (secondary N) is 1. The van der Waals surface area contributed by atoms with E-state index in [1.165, 1.54) is 18.6 Å². The van der Waals surface area contributed by atoms with Gasteiger partial charge in [-0.1, -0.05) is 67.1 Å². The summed E-state index contributed by atoms with van der Waals surface area (Å²) in [6, 6.07) is 6.64. The van der Waals surface area contributed by atoms with Crippen molar-refractivity contribution >= 4 is 52.4 Å². The number of carbonyl (C=O) groups excluding carboxylic acids is 2. The van der Waals surface area contributed by atoms with Crippen molar-refractivity contribution in [3.8, 4) is 5.75 Å². The molecule has 0 atom stereocenters. The number of hydrogen-bond acceptors (Lipinski definition) is 6. The molecule has 2 aliphatic rings. The lowest BCUT2D eigenvalue weighted by atomic mass is 9.75. The van der Waals surface area contributed by atoms with Gasteiger partial charge >= 0.3 is 5.97 Å². The summed E-state index contributed by atoms with van der Waals surface area (Å²) in [5, 5.41) is 13.0. The second kappa shape index (κ2) is 12.0. The second-order valence-electron chi connectivity index (χ2n) is 8.92. The molecular weight excluding hydrogens is 513 g/mol. The Labute approximate surface area is 220 Å². The fraction of sp³-hybridized carbons (Fsp3) is 0.400. The van der Waals surface area contributed by atoms with Gasteiger partial charge in [0.1, 0.15) is 22.5 Å². The molecule has 1 aromatic heterocycles. The molecular formula is C25H28Cl3N3O4. The Balaban J connectivity index is 0.000000198. The Hall–Kier alpha value is -2.48. The van der Waals surface area contributed by atoms with Gasteiger partial charge in [0.15, 0.2) is 0 Å². The SMILES string of the molecule is CC1(C(=O)Nc2ccc(O)c(Cl)c2Cl)CCCCC1.CN(Cc1ccc(Cl)nc1)C1=CC(=O)OC1. The molecule has 2 aromatic rings. The van der Waals surface area contributed by atoms with Gasteiger partial charge in [-0.3, -0.25) is 4.79 Å². The maximum Gasteiger partial charge on any atom is 0.333 e. The van der Waals surface area contributed by atoms with E-state index in [4.69, 9.17) is 39.5 Å². The van der Waals surface area contributed by atoms with Crippen molar-refractivity contribution < 1.29 is 19.4 Å². The van der Waals surface area contributed by atoms with E-state index in [0.29, 0.717) is 24.0 Å². The first kappa shape index (κ1) is 27.1. The minimum Gasteiger partial charge on any atom is -0.506 e. The lowest BCUT2D eigenvalue weighted by Gasteiger charge is -2.32. The van der Waals surface area contributed by atoms with Crippen LogP contribution in [0, 0.1) is 5.41 Å². The molecule has 0 unspecified atom stereocenters. The van der Waals surface area contributed by atoms with Crippen LogP contribution in [0.25, 0.3) is 0 Å². The molecule has 0 radical (unpaired) electrons. The Kier molecular flexibility index (Phi) is 9.27. The lowest BCUT2D eigenvalue weighted by molar-refractivity contribution is -0.135. The fourth-order valence-electron chi connectivity index (χ4n) is 3.93. The highest BCUT2D eigenvalue weighted by Gasteiger charge is 2.34. The van der Waals surface area contributed by atoms with Crippen molar-refractivity contribution in [3.05, 3.63) is 63.0 Å². The molecule has 1 fully saturated rings. The first-order valence-corrected chi connectivity index (χ1v) is 12.4. The quantitative estimate of drug-likeness (QED) is 0.266. The van der Waals surface area contributed by atoms with Crippen LogP contribution in [-0.2, 0) is 20.9 Å². The Morgan fingerprint density at radius 3 is 2.46 bits per heavy atom. The standard InChI is InChI=1S/C14H17Cl2NO2.C11H11ClN2O2/c1-14(7-3-2-4-8-14)13(19)17-9-5-6-10(18)12(16)11(9)15;1-14(9-4-11(15)16-7-9)6-8-2-3-10(12)13-5-8/h5-6,18H,2-4,7-8H2,1H3,(H,17,19);2-5H,6-7H2,1H3. The zero-order chi connectivity index (χ0) is 25.6. The number of hydrogen-bond donors (Lipinski definition) is 2. The van der Waals surface area contributed by atoms with E-state index in [1.54, 1.807) is 18.3 Å². The topological polar surface area (TPSA) is 91.8 Å². The van der Waals surface area contributed by atoms with Crippen LogP contribution in [0.15, 0.2) is 42.2 Å². The predicted molar refractivity (Wildman–Crippen MR) is 138 cm³/mol. The number of anilines is 1. The molecule has 1 aromatic carbocycles. The number of esters is 1. The van der Waals surface area contributed by atoms with Gasteiger partial charge in [0.2, 0.25) is 5.91 Å². The number of phenols is 1. The van der Waals surface area contributed by atoms with Gasteiger partial charge < -0.3 is 20.1 Å². The maximum absolute atomic E-state index is 12.4. The van der Waals surface area contributed by atoms with Crippen molar-refractivity contribution in [1.29, 1.82) is 0 Å². The first-order chi connectivity index (χ1) is 16.6. The van der Waals surface area contributed by atoms with E-state index in [-0.39, 0.29) is 33.1 Å². The number of amides is 1. The number of pyridine rings is 1. The van der Waals surface area contributed by atoms with Crippen molar-refractivity contribution in [1.82, 2.24) is 9.88 Å². The van der Waals surface area contributed by atoms with E-state index >= 15 is 0 Å². The van der Waals surface area contributed by atoms with E-state index in [0.717, 1.165) is 36.9 Å². The van der Waals surface area contributed by atoms with Crippen LogP contribution in [0.5, 0.6) is 5.75 Å². The van der Waals surface area contributed by atoms with Crippen molar-refractivity contribution in [2.45, 2.75) is 45.6 Å². The number of carbonyl (C=O) groups is 2. The molecule has 1 amide bonds. The number of nitrogens with zero attached hydrogens (tertiary/aromatic N) is 2. The monoisotopic (exact) mass is 539 g/mol. The highest BCUT2D eigenvalue weighted by atomic mass is 35.5. The normalized spacial score (nSPS) is 16.5. The van der Waals surface area contributed by atoms with Crippen molar-refractivity contribution in [3.63, 3.8) is 0 Å². The maximum atomic E-state index is 12.4. The summed E-state index contributed by atoms with van der Waals surface area (Å²) in [5.74, 6) is -0.402. The van der Waals surface area contributed by atoms with E-state index < -0.39 is 0 Å². The highest BCUT2D eigenvalue weighted by Crippen LogP contribution is 2.40. The molecule has 1 saturated carbocycles. The highest BCUT2D eigenvalue weighted by molar-refractivity contribution is 6.44. The van der Waals surface area contributed by atoms with Gasteiger partial charge in [-0.15, -0.1) is 0 Å². The summed E-state index contributed by atoms with van der Waals surface area (Å²) in [7, 11) is 1.91. The molecule has 35 heavy (non-hydrogen) atoms. The summed E-state index contributed by atoms with van der Waals surface area (Å²) >= 11 is 17.6. The Morgan fingerprint density at radius 2 is 1.86 bits per heavy atom. The van der Waals surface area contributed by atoms with Crippen LogP contribution in [0.1, 0.15) is 44.6 Å². The minimum absolute atomic E-state index is 0.0316. The van der Waals surface area contributed by atoms with E-state index in [9.17, 15) is 14.7 Å². The zero-order valence-electron chi connectivity index (χ0n) is 19.6. The average molecular weight is 541 g/mol. The number of benzene rings is 1. The Bertz CT molecular complexity index is 1100. The molecule has 2 heterocycles. The number of cyclic esters (lactones) is 1. The average Bonchev–Trinajstić information content (AvgIpc) is 3.28. The second-order valence-corrected chi connectivity index (χ2v) is 10.1. The predicted octanol–water partition coefficient (Wildman–Crippen LogP) is 6.22. The molecule has 7 nitrogen and oxygen atoms in total. The third-order valence-electron chi connectivity index (χ3n) is 6.16. The molecule has 188 valence electrons. The van der Waals surface area contributed by atoms with Gasteiger partial charge in [-0.2, -0.15) is 0 Å². The number of likely N-dealkylation sites (N-methyl/N-ethyl adjacent to an activating group) is 1. The number of phenolic OH excluding ortho intramolecular Hbond substituents is 1. The number of halogens is 3. The van der Waals surface area contributed by atoms with Crippen LogP contribution in [0.4, 0.5) is 5.69 Å². The van der Waals surface area contributed by atoms with E-state index in [2.05, 4.69) is 10.3 Å². The first-order valence-electron chi connectivity index (χ1n) is 11.3. The molecule has 10 heteroatoms. The van der Waals surface area contributed by atoms with Crippen LogP contribution < -0.4 is 5.32 Å². The van der Waals surface area contributed by atoms with Crippen LogP contribution in [0.3, 0.4) is 0 Å². The zero-order valence-corrected chi connectivity index (χ0v) is 21.9. The van der Waals surface area contributed by atoms with Gasteiger partial charge in [0, 0.05) is 31.3 Å². The van der Waals surface area contributed by atoms with Crippen LogP contribution >= 0.6 is 34.8 Å². The van der Waals surface area contributed by atoms with Crippen LogP contribution in [-0.4, -0.2) is 40.5 Å². The number of rotatable bonds is 5. The van der Waals surface area contributed by atoms with Gasteiger partial charge in [0.05, 0.1) is 16.4 Å². The lowest BCUT2D eigenvalue weighted by Crippen LogP contribution is -2.35. The Morgan fingerprint density at radius 1 is 1.14 bits per heavy atom. The van der Waals surface area contributed by atoms with Crippen molar-refractivity contribution in [2.75, 3.05) is 19.0 Å². The van der Waals surface area contributed by atoms with E-state index in [1.807, 2.05) is 24.9 Å². The number of aromatic hydroxyl groups is 1. The molecule has 1 aliphatic heterocycles. The van der Waals surface area contributed by atoms with Gasteiger partial charge in [0.25, 0.3) is 0 Å². The number of ether oxygens (including phenoxy) is 1. The molecule has 2 N–H and O–H groups in total. The third-order valence-corrected chi connectivity index (χ3v) is 7.26. The fourth-order valence-corrected chi connectivity index (χ4v) is 4.41. The summed E-state index contributed by atoms with van der Waals surface area (Å²) < 4.78 is 4.83. The molecule has 0 saturated heterocycles. The van der Waals surface area contributed by atoms with Gasteiger partial charge in [-0.05, 0) is 36.6 Å². The molecule has 0 bridgehead atoms.